The maximum Gasteiger partial charge on any atom is 0.338 e. The number of carboxylic acid groups (broad SMARTS) is 1. The molecule has 5 heteroatoms. The molecule has 0 aliphatic heterocycles. The lowest BCUT2D eigenvalue weighted by Gasteiger charge is -2.04. The Bertz CT molecular complexity index is 616. The molecule has 0 saturated carbocycles. The average molecular weight is 277 g/mol. The van der Waals surface area contributed by atoms with Gasteiger partial charge in [0.1, 0.15) is 5.82 Å². The fraction of sp³-hybridized carbons (Fsp3) is 0.143. The summed E-state index contributed by atoms with van der Waals surface area (Å²) < 4.78 is 13.2. The van der Waals surface area contributed by atoms with Crippen molar-refractivity contribution in [3.05, 3.63) is 59.2 Å². The number of hydrogen-bond acceptors (Lipinski definition) is 3. The molecule has 0 aliphatic rings. The molecule has 19 heavy (non-hydrogen) atoms. The van der Waals surface area contributed by atoms with Crippen LogP contribution in [-0.4, -0.2) is 16.1 Å². The number of thioether (sulfide) groups is 1. The van der Waals surface area contributed by atoms with Gasteiger partial charge < -0.3 is 5.11 Å². The molecule has 0 spiro atoms. The molecule has 2 rings (SSSR count). The highest BCUT2D eigenvalue weighted by Crippen LogP contribution is 2.24. The van der Waals surface area contributed by atoms with Crippen LogP contribution in [0.4, 0.5) is 4.39 Å². The van der Waals surface area contributed by atoms with Gasteiger partial charge in [0.05, 0.1) is 5.56 Å². The average Bonchev–Trinajstić information content (AvgIpc) is 2.37. The number of benzene rings is 1. The van der Waals surface area contributed by atoms with Crippen LogP contribution in [0.3, 0.4) is 0 Å². The third-order valence-corrected chi connectivity index (χ3v) is 3.57. The highest BCUT2D eigenvalue weighted by Gasteiger charge is 2.11. The Morgan fingerprint density at radius 3 is 2.84 bits per heavy atom. The van der Waals surface area contributed by atoms with Crippen LogP contribution in [0.1, 0.15) is 21.5 Å². The van der Waals surface area contributed by atoms with E-state index in [4.69, 9.17) is 5.11 Å². The molecule has 0 radical (unpaired) electrons. The molecule has 0 amide bonds. The van der Waals surface area contributed by atoms with Gasteiger partial charge in [0, 0.05) is 23.0 Å². The summed E-state index contributed by atoms with van der Waals surface area (Å²) in [5.41, 5.74) is 1.82. The van der Waals surface area contributed by atoms with E-state index in [9.17, 15) is 9.18 Å². The molecule has 1 N–H and O–H groups in total. The zero-order valence-electron chi connectivity index (χ0n) is 10.3. The van der Waals surface area contributed by atoms with Crippen molar-refractivity contribution in [2.24, 2.45) is 0 Å². The maximum atomic E-state index is 13.2. The normalized spacial score (nSPS) is 10.4. The lowest BCUT2D eigenvalue weighted by molar-refractivity contribution is 0.0691. The molecule has 3 nitrogen and oxygen atoms in total. The molecule has 0 bridgehead atoms. The largest absolute Gasteiger partial charge is 0.478 e. The summed E-state index contributed by atoms with van der Waals surface area (Å²) in [6.45, 7) is 1.96. The Morgan fingerprint density at radius 2 is 2.16 bits per heavy atom. The molecule has 2 aromatic rings. The highest BCUT2D eigenvalue weighted by atomic mass is 32.2. The van der Waals surface area contributed by atoms with Crippen molar-refractivity contribution >= 4 is 17.7 Å². The Kier molecular flexibility index (Phi) is 4.16. The van der Waals surface area contributed by atoms with Crippen LogP contribution in [0.2, 0.25) is 0 Å². The molecule has 0 fully saturated rings. The van der Waals surface area contributed by atoms with E-state index in [0.29, 0.717) is 5.75 Å². The summed E-state index contributed by atoms with van der Waals surface area (Å²) >= 11 is 1.45. The number of hydrogen-bond donors (Lipinski definition) is 1. The van der Waals surface area contributed by atoms with Crippen LogP contribution >= 0.6 is 11.8 Å². The van der Waals surface area contributed by atoms with Crippen molar-refractivity contribution in [1.29, 1.82) is 0 Å². The number of nitrogens with zero attached hydrogens (tertiary/aromatic N) is 1. The molecule has 1 aromatic carbocycles. The summed E-state index contributed by atoms with van der Waals surface area (Å²) in [5.74, 6) is -1.30. The van der Waals surface area contributed by atoms with E-state index in [1.54, 1.807) is 18.5 Å². The Labute approximate surface area is 114 Å². The number of aromatic carboxylic acids is 1. The minimum atomic E-state index is -1.25. The topological polar surface area (TPSA) is 50.2 Å². The third kappa shape index (κ3) is 3.54. The first-order valence-corrected chi connectivity index (χ1v) is 6.61. The van der Waals surface area contributed by atoms with Crippen LogP contribution in [0, 0.1) is 12.7 Å². The first-order chi connectivity index (χ1) is 9.06. The predicted molar refractivity (Wildman–Crippen MR) is 71.9 cm³/mol. The number of carbonyl (C=O) groups is 1. The second-order valence-corrected chi connectivity index (χ2v) is 5.15. The van der Waals surface area contributed by atoms with E-state index in [2.05, 4.69) is 4.98 Å². The van der Waals surface area contributed by atoms with Gasteiger partial charge in [-0.05, 0) is 36.2 Å². The van der Waals surface area contributed by atoms with E-state index < -0.39 is 11.8 Å². The number of halogens is 1. The number of carboxylic acids is 1. The fourth-order valence-corrected chi connectivity index (χ4v) is 2.48. The quantitative estimate of drug-likeness (QED) is 0.869. The lowest BCUT2D eigenvalue weighted by Crippen LogP contribution is -2.00. The van der Waals surface area contributed by atoms with Crippen molar-refractivity contribution in [2.45, 2.75) is 17.6 Å². The molecule has 0 atom stereocenters. The first kappa shape index (κ1) is 13.5. The summed E-state index contributed by atoms with van der Waals surface area (Å²) in [5, 5.41) is 8.85. The summed E-state index contributed by atoms with van der Waals surface area (Å²) in [6, 6.07) is 6.13. The van der Waals surface area contributed by atoms with Crippen LogP contribution in [-0.2, 0) is 5.75 Å². The summed E-state index contributed by atoms with van der Waals surface area (Å²) in [4.78, 5) is 15.6. The van der Waals surface area contributed by atoms with E-state index in [-0.39, 0.29) is 5.56 Å². The molecule has 1 aromatic heterocycles. The van der Waals surface area contributed by atoms with Crippen molar-refractivity contribution in [3.63, 3.8) is 0 Å². The van der Waals surface area contributed by atoms with Crippen molar-refractivity contribution in [1.82, 2.24) is 4.98 Å². The number of rotatable bonds is 4. The second-order valence-electron chi connectivity index (χ2n) is 4.11. The van der Waals surface area contributed by atoms with Crippen LogP contribution in [0.15, 0.2) is 41.6 Å². The molecule has 0 aliphatic carbocycles. The van der Waals surface area contributed by atoms with E-state index >= 15 is 0 Å². The predicted octanol–water partition coefficient (Wildman–Crippen LogP) is 3.52. The van der Waals surface area contributed by atoms with Gasteiger partial charge in [0.15, 0.2) is 0 Å². The first-order valence-electron chi connectivity index (χ1n) is 5.62. The van der Waals surface area contributed by atoms with Gasteiger partial charge >= 0.3 is 5.97 Å². The molecular formula is C14H12FNO2S. The van der Waals surface area contributed by atoms with Crippen LogP contribution < -0.4 is 0 Å². The monoisotopic (exact) mass is 277 g/mol. The van der Waals surface area contributed by atoms with Gasteiger partial charge in [-0.15, -0.1) is 11.8 Å². The zero-order chi connectivity index (χ0) is 13.8. The summed E-state index contributed by atoms with van der Waals surface area (Å²) in [6.07, 6.45) is 3.54. The van der Waals surface area contributed by atoms with E-state index in [0.717, 1.165) is 16.0 Å². The molecule has 98 valence electrons. The smallest absolute Gasteiger partial charge is 0.338 e. The molecule has 0 saturated heterocycles. The van der Waals surface area contributed by atoms with Gasteiger partial charge in [-0.1, -0.05) is 6.07 Å². The Morgan fingerprint density at radius 1 is 1.37 bits per heavy atom. The zero-order valence-corrected chi connectivity index (χ0v) is 11.1. The van der Waals surface area contributed by atoms with E-state index in [1.165, 1.54) is 23.9 Å². The number of aromatic nitrogens is 1. The van der Waals surface area contributed by atoms with Gasteiger partial charge in [0.2, 0.25) is 0 Å². The summed E-state index contributed by atoms with van der Waals surface area (Å²) in [7, 11) is 0. The molecule has 0 unspecified atom stereocenters. The SMILES string of the molecule is Cc1cncc(CSc2ccc(F)c(C(=O)O)c2)c1. The van der Waals surface area contributed by atoms with E-state index in [1.807, 2.05) is 13.0 Å². The third-order valence-electron chi connectivity index (χ3n) is 2.51. The molecular weight excluding hydrogens is 265 g/mol. The highest BCUT2D eigenvalue weighted by molar-refractivity contribution is 7.98. The van der Waals surface area contributed by atoms with Crippen LogP contribution in [0.25, 0.3) is 0 Å². The van der Waals surface area contributed by atoms with Gasteiger partial charge in [-0.3, -0.25) is 4.98 Å². The number of pyridine rings is 1. The number of aryl methyl sites for hydroxylation is 1. The Balaban J connectivity index is 2.12. The minimum absolute atomic E-state index is 0.299. The van der Waals surface area contributed by atoms with Gasteiger partial charge in [-0.25, -0.2) is 9.18 Å². The fourth-order valence-electron chi connectivity index (χ4n) is 1.62. The maximum absolute atomic E-state index is 13.2. The minimum Gasteiger partial charge on any atom is -0.478 e. The van der Waals surface area contributed by atoms with Gasteiger partial charge in [0.25, 0.3) is 0 Å². The van der Waals surface area contributed by atoms with Crippen molar-refractivity contribution in [3.8, 4) is 0 Å². The Hall–Kier alpha value is -1.88. The van der Waals surface area contributed by atoms with Crippen LogP contribution in [0.5, 0.6) is 0 Å². The van der Waals surface area contributed by atoms with Gasteiger partial charge in [-0.2, -0.15) is 0 Å². The molecule has 1 heterocycles. The standard InChI is InChI=1S/C14H12FNO2S/c1-9-4-10(7-16-6-9)8-19-11-2-3-13(15)12(5-11)14(17)18/h2-7H,8H2,1H3,(H,17,18). The second kappa shape index (κ2) is 5.84. The lowest BCUT2D eigenvalue weighted by atomic mass is 10.2. The van der Waals surface area contributed by atoms with Crippen molar-refractivity contribution in [2.75, 3.05) is 0 Å². The van der Waals surface area contributed by atoms with Crippen molar-refractivity contribution < 1.29 is 14.3 Å².